The Hall–Kier alpha value is -1.66. The van der Waals surface area contributed by atoms with E-state index in [2.05, 4.69) is 10.3 Å². The molecule has 1 heterocycles. The van der Waals surface area contributed by atoms with E-state index in [-0.39, 0.29) is 11.2 Å². The van der Waals surface area contributed by atoms with Gasteiger partial charge < -0.3 is 14.6 Å². The molecule has 124 valence electrons. The van der Waals surface area contributed by atoms with Gasteiger partial charge >= 0.3 is 0 Å². The van der Waals surface area contributed by atoms with Crippen molar-refractivity contribution in [1.82, 2.24) is 9.55 Å². The normalized spacial score (nSPS) is 12.0. The average molecular weight is 354 g/mol. The second-order valence-corrected chi connectivity index (χ2v) is 6.76. The van der Waals surface area contributed by atoms with E-state index in [9.17, 15) is 4.79 Å². The van der Waals surface area contributed by atoms with Crippen molar-refractivity contribution in [2.45, 2.75) is 37.7 Å². The highest BCUT2D eigenvalue weighted by molar-refractivity contribution is 8.00. The van der Waals surface area contributed by atoms with Gasteiger partial charge in [0.25, 0.3) is 0 Å². The molecule has 0 radical (unpaired) electrons. The molecule has 0 bridgehead atoms. The van der Waals surface area contributed by atoms with Crippen LogP contribution in [0.5, 0.6) is 5.75 Å². The van der Waals surface area contributed by atoms with Gasteiger partial charge in [0.2, 0.25) is 5.91 Å². The summed E-state index contributed by atoms with van der Waals surface area (Å²) in [5, 5.41) is 4.04. The molecule has 0 aliphatic carbocycles. The zero-order valence-electron chi connectivity index (χ0n) is 13.6. The van der Waals surface area contributed by atoms with Gasteiger partial charge in [0.15, 0.2) is 5.16 Å². The molecule has 0 spiro atoms. The van der Waals surface area contributed by atoms with E-state index in [0.717, 1.165) is 17.3 Å². The predicted octanol–water partition coefficient (Wildman–Crippen LogP) is 3.99. The van der Waals surface area contributed by atoms with Gasteiger partial charge in [-0.15, -0.1) is 0 Å². The number of aromatic nitrogens is 2. The number of carbonyl (C=O) groups excluding carboxylic acids is 1. The van der Waals surface area contributed by atoms with E-state index in [4.69, 9.17) is 16.3 Å². The van der Waals surface area contributed by atoms with Crippen LogP contribution in [0.3, 0.4) is 0 Å². The lowest BCUT2D eigenvalue weighted by atomic mass is 10.2. The quantitative estimate of drug-likeness (QED) is 0.798. The summed E-state index contributed by atoms with van der Waals surface area (Å²) in [6.07, 6.45) is 3.64. The predicted molar refractivity (Wildman–Crippen MR) is 94.6 cm³/mol. The average Bonchev–Trinajstić information content (AvgIpc) is 2.97. The minimum absolute atomic E-state index is 0.110. The molecule has 7 heteroatoms. The summed E-state index contributed by atoms with van der Waals surface area (Å²) in [6.45, 7) is 6.59. The lowest BCUT2D eigenvalue weighted by Gasteiger charge is -2.15. The van der Waals surface area contributed by atoms with Gasteiger partial charge in [-0.25, -0.2) is 4.98 Å². The van der Waals surface area contributed by atoms with Crippen molar-refractivity contribution in [1.29, 1.82) is 0 Å². The van der Waals surface area contributed by atoms with Crippen LogP contribution in [-0.2, 0) is 11.3 Å². The molecule has 5 nitrogen and oxygen atoms in total. The molecule has 0 unspecified atom stereocenters. The number of rotatable bonds is 6. The topological polar surface area (TPSA) is 56.2 Å². The zero-order chi connectivity index (χ0) is 17.0. The number of halogens is 1. The van der Waals surface area contributed by atoms with Crippen LogP contribution < -0.4 is 10.1 Å². The molecule has 2 rings (SSSR count). The lowest BCUT2D eigenvalue weighted by molar-refractivity contribution is -0.115. The molecular weight excluding hydrogens is 334 g/mol. The first kappa shape index (κ1) is 17.7. The first-order valence-corrected chi connectivity index (χ1v) is 8.54. The van der Waals surface area contributed by atoms with E-state index in [1.54, 1.807) is 19.4 Å². The number of hydrogen-bond donors (Lipinski definition) is 1. The summed E-state index contributed by atoms with van der Waals surface area (Å²) >= 11 is 7.51. The number of nitrogens with one attached hydrogen (secondary N) is 1. The van der Waals surface area contributed by atoms with Crippen molar-refractivity contribution in [3.05, 3.63) is 35.1 Å². The summed E-state index contributed by atoms with van der Waals surface area (Å²) < 4.78 is 7.28. The Morgan fingerprint density at radius 1 is 1.52 bits per heavy atom. The van der Waals surface area contributed by atoms with Gasteiger partial charge in [0.1, 0.15) is 5.75 Å². The second-order valence-electron chi connectivity index (χ2n) is 5.05. The third kappa shape index (κ3) is 4.20. The van der Waals surface area contributed by atoms with Crippen molar-refractivity contribution in [2.75, 3.05) is 12.4 Å². The SMILES string of the molecule is CCn1ccnc1S[C@@H](C)C(=O)Nc1cc(C)c(Cl)cc1OC. The van der Waals surface area contributed by atoms with Crippen LogP contribution in [0.4, 0.5) is 5.69 Å². The van der Waals surface area contributed by atoms with Crippen LogP contribution in [0.2, 0.25) is 5.02 Å². The highest BCUT2D eigenvalue weighted by atomic mass is 35.5. The number of nitrogens with zero attached hydrogens (tertiary/aromatic N) is 2. The number of aryl methyl sites for hydroxylation is 2. The Balaban J connectivity index is 2.11. The Bertz CT molecular complexity index is 703. The minimum Gasteiger partial charge on any atom is -0.495 e. The Labute approximate surface area is 145 Å². The van der Waals surface area contributed by atoms with Gasteiger partial charge in [0, 0.05) is 30.0 Å². The maximum atomic E-state index is 12.4. The van der Waals surface area contributed by atoms with Crippen LogP contribution >= 0.6 is 23.4 Å². The molecule has 1 atom stereocenters. The van der Waals surface area contributed by atoms with Crippen molar-refractivity contribution in [3.63, 3.8) is 0 Å². The molecule has 0 saturated carbocycles. The largest absolute Gasteiger partial charge is 0.495 e. The van der Waals surface area contributed by atoms with Crippen molar-refractivity contribution in [3.8, 4) is 5.75 Å². The van der Waals surface area contributed by atoms with Crippen molar-refractivity contribution in [2.24, 2.45) is 0 Å². The molecule has 2 aromatic rings. The van der Waals surface area contributed by atoms with Gasteiger partial charge in [-0.05, 0) is 32.4 Å². The Morgan fingerprint density at radius 2 is 2.26 bits per heavy atom. The molecule has 0 aliphatic heterocycles. The highest BCUT2D eigenvalue weighted by Gasteiger charge is 2.19. The molecule has 1 aromatic carbocycles. The first-order valence-electron chi connectivity index (χ1n) is 7.29. The molecule has 1 amide bonds. The maximum absolute atomic E-state index is 12.4. The van der Waals surface area contributed by atoms with E-state index in [0.29, 0.717) is 16.5 Å². The molecule has 0 aliphatic rings. The van der Waals surface area contributed by atoms with Gasteiger partial charge in [-0.3, -0.25) is 4.79 Å². The van der Waals surface area contributed by atoms with Crippen LogP contribution in [-0.4, -0.2) is 27.8 Å². The van der Waals surface area contributed by atoms with Gasteiger partial charge in [-0.2, -0.15) is 0 Å². The first-order chi connectivity index (χ1) is 11.0. The summed E-state index contributed by atoms with van der Waals surface area (Å²) in [5.41, 5.74) is 1.50. The van der Waals surface area contributed by atoms with Crippen LogP contribution in [0, 0.1) is 6.92 Å². The number of benzene rings is 1. The van der Waals surface area contributed by atoms with Crippen LogP contribution in [0.1, 0.15) is 19.4 Å². The number of ether oxygens (including phenoxy) is 1. The third-order valence-corrected chi connectivity index (χ3v) is 4.93. The van der Waals surface area contributed by atoms with Crippen molar-refractivity contribution >= 4 is 35.0 Å². The smallest absolute Gasteiger partial charge is 0.237 e. The van der Waals surface area contributed by atoms with E-state index < -0.39 is 0 Å². The van der Waals surface area contributed by atoms with E-state index in [1.165, 1.54) is 11.8 Å². The molecule has 1 N–H and O–H groups in total. The molecule has 0 fully saturated rings. The maximum Gasteiger partial charge on any atom is 0.237 e. The van der Waals surface area contributed by atoms with Gasteiger partial charge in [0.05, 0.1) is 18.0 Å². The number of amides is 1. The monoisotopic (exact) mass is 353 g/mol. The summed E-state index contributed by atoms with van der Waals surface area (Å²) in [7, 11) is 1.55. The van der Waals surface area contributed by atoms with E-state index >= 15 is 0 Å². The van der Waals surface area contributed by atoms with Gasteiger partial charge in [-0.1, -0.05) is 23.4 Å². The summed E-state index contributed by atoms with van der Waals surface area (Å²) in [4.78, 5) is 16.7. The second kappa shape index (κ2) is 7.75. The number of methoxy groups -OCH3 is 1. The molecule has 1 aromatic heterocycles. The zero-order valence-corrected chi connectivity index (χ0v) is 15.2. The number of carbonyl (C=O) groups is 1. The number of thioether (sulfide) groups is 1. The van der Waals surface area contributed by atoms with Crippen LogP contribution in [0.25, 0.3) is 0 Å². The molecule has 23 heavy (non-hydrogen) atoms. The molecular formula is C16H20ClN3O2S. The third-order valence-electron chi connectivity index (χ3n) is 3.41. The number of hydrogen-bond acceptors (Lipinski definition) is 4. The minimum atomic E-state index is -0.289. The standard InChI is InChI=1S/C16H20ClN3O2S/c1-5-20-7-6-18-16(20)23-11(3)15(21)19-13-8-10(2)12(17)9-14(13)22-4/h6-9,11H,5H2,1-4H3,(H,19,21)/t11-/m0/s1. The lowest BCUT2D eigenvalue weighted by Crippen LogP contribution is -2.23. The van der Waals surface area contributed by atoms with Crippen molar-refractivity contribution < 1.29 is 9.53 Å². The Morgan fingerprint density at radius 3 is 2.91 bits per heavy atom. The van der Waals surface area contributed by atoms with Crippen LogP contribution in [0.15, 0.2) is 29.7 Å². The number of imidazole rings is 1. The fourth-order valence-electron chi connectivity index (χ4n) is 2.03. The highest BCUT2D eigenvalue weighted by Crippen LogP contribution is 2.32. The molecule has 0 saturated heterocycles. The summed E-state index contributed by atoms with van der Waals surface area (Å²) in [6, 6.07) is 3.51. The fraction of sp³-hybridized carbons (Fsp3) is 0.375. The Kier molecular flexibility index (Phi) is 5.96. The fourth-order valence-corrected chi connectivity index (χ4v) is 3.11. The summed E-state index contributed by atoms with van der Waals surface area (Å²) in [5.74, 6) is 0.432. The van der Waals surface area contributed by atoms with E-state index in [1.807, 2.05) is 37.6 Å². The number of anilines is 1.